The van der Waals surface area contributed by atoms with E-state index in [2.05, 4.69) is 19.2 Å². The van der Waals surface area contributed by atoms with Crippen molar-refractivity contribution < 1.29 is 4.79 Å². The minimum atomic E-state index is 0.0334. The molecule has 1 unspecified atom stereocenters. The monoisotopic (exact) mass is 186 g/mol. The zero-order chi connectivity index (χ0) is 10.3. The maximum absolute atomic E-state index is 11.4. The Balaban J connectivity index is 3.64. The van der Waals surface area contributed by atoms with Crippen LogP contribution in [0.2, 0.25) is 0 Å². The Hall–Kier alpha value is -0.730. The van der Waals surface area contributed by atoms with Crippen LogP contribution >= 0.6 is 0 Å². The van der Waals surface area contributed by atoms with Crippen LogP contribution in [0.25, 0.3) is 0 Å². The van der Waals surface area contributed by atoms with Gasteiger partial charge < -0.3 is 10.2 Å². The molecule has 0 bridgehead atoms. The van der Waals surface area contributed by atoms with E-state index in [1.54, 1.807) is 4.90 Å². The highest BCUT2D eigenvalue weighted by atomic mass is 16.2. The van der Waals surface area contributed by atoms with E-state index >= 15 is 0 Å². The SMILES string of the molecule is CCCCC(C)NC(=O)N(C)CC. The van der Waals surface area contributed by atoms with Crippen LogP contribution in [0.5, 0.6) is 0 Å². The summed E-state index contributed by atoms with van der Waals surface area (Å²) in [4.78, 5) is 13.0. The number of nitrogens with one attached hydrogen (secondary N) is 1. The molecule has 0 saturated heterocycles. The summed E-state index contributed by atoms with van der Waals surface area (Å²) in [6.45, 7) is 6.94. The van der Waals surface area contributed by atoms with Crippen molar-refractivity contribution in [1.82, 2.24) is 10.2 Å². The number of carbonyl (C=O) groups is 1. The summed E-state index contributed by atoms with van der Waals surface area (Å²) in [5, 5.41) is 2.95. The largest absolute Gasteiger partial charge is 0.336 e. The molecule has 2 amide bonds. The van der Waals surface area contributed by atoms with Gasteiger partial charge in [0.1, 0.15) is 0 Å². The molecule has 3 heteroatoms. The Labute approximate surface area is 81.5 Å². The van der Waals surface area contributed by atoms with Crippen molar-refractivity contribution >= 4 is 6.03 Å². The molecule has 0 fully saturated rings. The Kier molecular flexibility index (Phi) is 6.37. The zero-order valence-electron chi connectivity index (χ0n) is 9.26. The molecule has 0 radical (unpaired) electrons. The maximum atomic E-state index is 11.4. The van der Waals surface area contributed by atoms with Crippen molar-refractivity contribution in [3.05, 3.63) is 0 Å². The average molecular weight is 186 g/mol. The van der Waals surface area contributed by atoms with Crippen LogP contribution in [0.15, 0.2) is 0 Å². The van der Waals surface area contributed by atoms with Crippen molar-refractivity contribution in [2.45, 2.75) is 46.1 Å². The van der Waals surface area contributed by atoms with Gasteiger partial charge in [0, 0.05) is 19.6 Å². The minimum Gasteiger partial charge on any atom is -0.336 e. The standard InChI is InChI=1S/C10H22N2O/c1-5-7-8-9(3)11-10(13)12(4)6-2/h9H,5-8H2,1-4H3,(H,11,13). The number of hydrogen-bond donors (Lipinski definition) is 1. The molecular weight excluding hydrogens is 164 g/mol. The lowest BCUT2D eigenvalue weighted by Crippen LogP contribution is -2.41. The second kappa shape index (κ2) is 6.75. The second-order valence-corrected chi connectivity index (χ2v) is 3.51. The molecule has 0 aliphatic heterocycles. The van der Waals surface area contributed by atoms with Gasteiger partial charge in [0.25, 0.3) is 0 Å². The second-order valence-electron chi connectivity index (χ2n) is 3.51. The summed E-state index contributed by atoms with van der Waals surface area (Å²) in [6.07, 6.45) is 3.43. The molecule has 0 saturated carbocycles. The first-order valence-corrected chi connectivity index (χ1v) is 5.13. The molecule has 0 aromatic carbocycles. The summed E-state index contributed by atoms with van der Waals surface area (Å²) < 4.78 is 0. The van der Waals surface area contributed by atoms with Gasteiger partial charge in [0.2, 0.25) is 0 Å². The Morgan fingerprint density at radius 2 is 2.08 bits per heavy atom. The van der Waals surface area contributed by atoms with Crippen molar-refractivity contribution in [2.24, 2.45) is 0 Å². The van der Waals surface area contributed by atoms with Crippen LogP contribution in [-0.2, 0) is 0 Å². The molecule has 0 heterocycles. The Morgan fingerprint density at radius 1 is 1.46 bits per heavy atom. The van der Waals surface area contributed by atoms with Gasteiger partial charge in [-0.15, -0.1) is 0 Å². The van der Waals surface area contributed by atoms with Crippen molar-refractivity contribution in [2.75, 3.05) is 13.6 Å². The number of urea groups is 1. The van der Waals surface area contributed by atoms with E-state index in [-0.39, 0.29) is 6.03 Å². The molecule has 13 heavy (non-hydrogen) atoms. The van der Waals surface area contributed by atoms with E-state index in [1.807, 2.05) is 14.0 Å². The predicted octanol–water partition coefficient (Wildman–Crippen LogP) is 2.23. The third-order valence-electron chi connectivity index (χ3n) is 2.18. The predicted molar refractivity (Wildman–Crippen MR) is 55.8 cm³/mol. The van der Waals surface area contributed by atoms with Crippen LogP contribution in [0.4, 0.5) is 4.79 Å². The van der Waals surface area contributed by atoms with Crippen molar-refractivity contribution in [1.29, 1.82) is 0 Å². The van der Waals surface area contributed by atoms with Gasteiger partial charge in [-0.2, -0.15) is 0 Å². The molecule has 0 aliphatic carbocycles. The molecule has 0 aliphatic rings. The molecule has 0 spiro atoms. The number of unbranched alkanes of at least 4 members (excludes halogenated alkanes) is 1. The maximum Gasteiger partial charge on any atom is 0.317 e. The molecule has 0 aromatic heterocycles. The fourth-order valence-electron chi connectivity index (χ4n) is 1.05. The molecule has 0 rings (SSSR count). The van der Waals surface area contributed by atoms with Crippen molar-refractivity contribution in [3.8, 4) is 0 Å². The molecular formula is C10H22N2O. The van der Waals surface area contributed by atoms with Gasteiger partial charge in [0.15, 0.2) is 0 Å². The fourth-order valence-corrected chi connectivity index (χ4v) is 1.05. The van der Waals surface area contributed by atoms with E-state index in [4.69, 9.17) is 0 Å². The lowest BCUT2D eigenvalue weighted by Gasteiger charge is -2.19. The Morgan fingerprint density at radius 3 is 2.54 bits per heavy atom. The molecule has 1 atom stereocenters. The molecule has 78 valence electrons. The van der Waals surface area contributed by atoms with E-state index < -0.39 is 0 Å². The van der Waals surface area contributed by atoms with Gasteiger partial charge in [-0.25, -0.2) is 4.79 Å². The summed E-state index contributed by atoms with van der Waals surface area (Å²) in [7, 11) is 1.81. The third kappa shape index (κ3) is 5.50. The topological polar surface area (TPSA) is 32.3 Å². The van der Waals surface area contributed by atoms with E-state index in [0.717, 1.165) is 13.0 Å². The normalized spacial score (nSPS) is 12.3. The molecule has 0 aromatic rings. The fraction of sp³-hybridized carbons (Fsp3) is 0.900. The summed E-state index contributed by atoms with van der Waals surface area (Å²) in [6, 6.07) is 0.326. The highest BCUT2D eigenvalue weighted by Gasteiger charge is 2.09. The molecule has 3 nitrogen and oxygen atoms in total. The highest BCUT2D eigenvalue weighted by molar-refractivity contribution is 5.74. The van der Waals surface area contributed by atoms with Gasteiger partial charge in [-0.05, 0) is 20.3 Å². The highest BCUT2D eigenvalue weighted by Crippen LogP contribution is 1.99. The van der Waals surface area contributed by atoms with E-state index in [0.29, 0.717) is 6.04 Å². The van der Waals surface area contributed by atoms with Gasteiger partial charge >= 0.3 is 6.03 Å². The first-order chi connectivity index (χ1) is 6.11. The summed E-state index contributed by atoms with van der Waals surface area (Å²) in [5.74, 6) is 0. The number of nitrogens with zero attached hydrogens (tertiary/aromatic N) is 1. The van der Waals surface area contributed by atoms with Crippen LogP contribution in [0, 0.1) is 0 Å². The molecule has 1 N–H and O–H groups in total. The first-order valence-electron chi connectivity index (χ1n) is 5.13. The summed E-state index contributed by atoms with van der Waals surface area (Å²) in [5.41, 5.74) is 0. The van der Waals surface area contributed by atoms with E-state index in [9.17, 15) is 4.79 Å². The van der Waals surface area contributed by atoms with Crippen LogP contribution < -0.4 is 5.32 Å². The van der Waals surface area contributed by atoms with Gasteiger partial charge in [0.05, 0.1) is 0 Å². The lowest BCUT2D eigenvalue weighted by molar-refractivity contribution is 0.207. The number of amides is 2. The zero-order valence-corrected chi connectivity index (χ0v) is 9.26. The van der Waals surface area contributed by atoms with E-state index in [1.165, 1.54) is 12.8 Å². The van der Waals surface area contributed by atoms with Gasteiger partial charge in [-0.3, -0.25) is 0 Å². The smallest absolute Gasteiger partial charge is 0.317 e. The van der Waals surface area contributed by atoms with Crippen molar-refractivity contribution in [3.63, 3.8) is 0 Å². The van der Waals surface area contributed by atoms with Gasteiger partial charge in [-0.1, -0.05) is 19.8 Å². The summed E-state index contributed by atoms with van der Waals surface area (Å²) >= 11 is 0. The number of hydrogen-bond acceptors (Lipinski definition) is 1. The number of rotatable bonds is 5. The average Bonchev–Trinajstić information content (AvgIpc) is 2.13. The Bertz CT molecular complexity index is 148. The first kappa shape index (κ1) is 12.3. The number of carbonyl (C=O) groups excluding carboxylic acids is 1. The van der Waals surface area contributed by atoms with Crippen LogP contribution in [0.1, 0.15) is 40.0 Å². The van der Waals surface area contributed by atoms with Crippen LogP contribution in [0.3, 0.4) is 0 Å². The quantitative estimate of drug-likeness (QED) is 0.701. The third-order valence-corrected chi connectivity index (χ3v) is 2.18. The van der Waals surface area contributed by atoms with Crippen LogP contribution in [-0.4, -0.2) is 30.6 Å². The lowest BCUT2D eigenvalue weighted by atomic mass is 10.1. The minimum absolute atomic E-state index is 0.0334.